The van der Waals surface area contributed by atoms with E-state index in [9.17, 15) is 14.7 Å². The number of likely N-dealkylation sites (tertiary alicyclic amines) is 1. The molecule has 0 aliphatic carbocycles. The van der Waals surface area contributed by atoms with Gasteiger partial charge in [-0.1, -0.05) is 46.9 Å². The minimum Gasteiger partial charge on any atom is -0.507 e. The first kappa shape index (κ1) is 21.7. The lowest BCUT2D eigenvalue weighted by Gasteiger charge is -2.26. The molecule has 0 aromatic heterocycles. The molecular weight excluding hydrogens is 435 g/mol. The molecule has 0 radical (unpaired) electrons. The first-order valence-corrected chi connectivity index (χ1v) is 9.98. The summed E-state index contributed by atoms with van der Waals surface area (Å²) in [6, 6.07) is 10.7. The largest absolute Gasteiger partial charge is 0.507 e. The zero-order valence-electron chi connectivity index (χ0n) is 15.8. The highest BCUT2D eigenvalue weighted by Crippen LogP contribution is 2.40. The number of aliphatic hydroxyl groups excluding tert-OH is 1. The topological polar surface area (TPSA) is 60.9 Å². The van der Waals surface area contributed by atoms with Gasteiger partial charge in [-0.25, -0.2) is 0 Å². The number of rotatable bonds is 5. The molecule has 1 aliphatic rings. The van der Waals surface area contributed by atoms with Gasteiger partial charge in [-0.15, -0.1) is 0 Å². The van der Waals surface area contributed by atoms with Gasteiger partial charge in [0.05, 0.1) is 21.7 Å². The SMILES string of the molecule is CN(C)CCN1C(=O)C(=O)/C(=C(\O)c2ccc(Cl)c(Cl)c2)C1c1ccc(Cl)cc1. The molecule has 5 nitrogen and oxygen atoms in total. The number of carbonyl (C=O) groups is 2. The van der Waals surface area contributed by atoms with Crippen LogP contribution in [0.25, 0.3) is 5.76 Å². The fourth-order valence-electron chi connectivity index (χ4n) is 3.21. The number of carbonyl (C=O) groups excluding carboxylic acids is 2. The van der Waals surface area contributed by atoms with Gasteiger partial charge in [0.25, 0.3) is 11.7 Å². The van der Waals surface area contributed by atoms with Crippen molar-refractivity contribution in [2.24, 2.45) is 0 Å². The van der Waals surface area contributed by atoms with Gasteiger partial charge < -0.3 is 14.9 Å². The van der Waals surface area contributed by atoms with Crippen molar-refractivity contribution < 1.29 is 14.7 Å². The maximum Gasteiger partial charge on any atom is 0.295 e. The van der Waals surface area contributed by atoms with E-state index >= 15 is 0 Å². The maximum absolute atomic E-state index is 12.9. The quantitative estimate of drug-likeness (QED) is 0.407. The van der Waals surface area contributed by atoms with Crippen molar-refractivity contribution in [3.63, 3.8) is 0 Å². The van der Waals surface area contributed by atoms with Crippen LogP contribution in [0.1, 0.15) is 17.2 Å². The fourth-order valence-corrected chi connectivity index (χ4v) is 3.63. The predicted octanol–water partition coefficient (Wildman–Crippen LogP) is 4.63. The first-order valence-electron chi connectivity index (χ1n) is 8.84. The number of halogens is 3. The normalized spacial score (nSPS) is 18.7. The minimum absolute atomic E-state index is 0.00877. The number of likely N-dealkylation sites (N-methyl/N-ethyl adjacent to an activating group) is 1. The smallest absolute Gasteiger partial charge is 0.295 e. The Morgan fingerprint density at radius 1 is 1.03 bits per heavy atom. The lowest BCUT2D eigenvalue weighted by Crippen LogP contribution is -2.35. The highest BCUT2D eigenvalue weighted by Gasteiger charge is 2.45. The molecule has 152 valence electrons. The van der Waals surface area contributed by atoms with E-state index in [1.165, 1.54) is 17.0 Å². The molecule has 1 atom stereocenters. The van der Waals surface area contributed by atoms with Gasteiger partial charge in [0.2, 0.25) is 0 Å². The summed E-state index contributed by atoms with van der Waals surface area (Å²) < 4.78 is 0. The van der Waals surface area contributed by atoms with Gasteiger partial charge in [-0.3, -0.25) is 9.59 Å². The second-order valence-electron chi connectivity index (χ2n) is 6.98. The van der Waals surface area contributed by atoms with E-state index in [2.05, 4.69) is 0 Å². The van der Waals surface area contributed by atoms with E-state index in [1.807, 2.05) is 19.0 Å². The first-order chi connectivity index (χ1) is 13.7. The van der Waals surface area contributed by atoms with Crippen molar-refractivity contribution in [2.45, 2.75) is 6.04 Å². The van der Waals surface area contributed by atoms with Crippen LogP contribution in [-0.2, 0) is 9.59 Å². The van der Waals surface area contributed by atoms with Gasteiger partial charge in [-0.2, -0.15) is 0 Å². The molecule has 1 heterocycles. The van der Waals surface area contributed by atoms with Crippen LogP contribution < -0.4 is 0 Å². The van der Waals surface area contributed by atoms with Crippen LogP contribution in [0.4, 0.5) is 0 Å². The second kappa shape index (κ2) is 8.76. The summed E-state index contributed by atoms with van der Waals surface area (Å²) in [5, 5.41) is 12.0. The fraction of sp³-hybridized carbons (Fsp3) is 0.238. The van der Waals surface area contributed by atoms with E-state index in [0.29, 0.717) is 34.3 Å². The highest BCUT2D eigenvalue weighted by molar-refractivity contribution is 6.47. The van der Waals surface area contributed by atoms with Crippen LogP contribution in [0.15, 0.2) is 48.0 Å². The van der Waals surface area contributed by atoms with Crippen molar-refractivity contribution >= 4 is 52.3 Å². The summed E-state index contributed by atoms with van der Waals surface area (Å²) in [5.41, 5.74) is 0.993. The van der Waals surface area contributed by atoms with Gasteiger partial charge >= 0.3 is 0 Å². The molecule has 29 heavy (non-hydrogen) atoms. The average Bonchev–Trinajstić information content (AvgIpc) is 2.93. The molecule has 0 bridgehead atoms. The van der Waals surface area contributed by atoms with Crippen LogP contribution in [0.3, 0.4) is 0 Å². The summed E-state index contributed by atoms with van der Waals surface area (Å²) in [5.74, 6) is -1.70. The van der Waals surface area contributed by atoms with Gasteiger partial charge in [0, 0.05) is 23.7 Å². The Balaban J connectivity index is 2.15. The van der Waals surface area contributed by atoms with Gasteiger partial charge in [0.1, 0.15) is 5.76 Å². The van der Waals surface area contributed by atoms with E-state index in [1.54, 1.807) is 30.3 Å². The monoisotopic (exact) mass is 452 g/mol. The number of hydrogen-bond acceptors (Lipinski definition) is 4. The molecule has 1 unspecified atom stereocenters. The zero-order valence-corrected chi connectivity index (χ0v) is 18.1. The number of amides is 1. The molecule has 1 amide bonds. The van der Waals surface area contributed by atoms with E-state index in [-0.39, 0.29) is 16.4 Å². The Hall–Kier alpha value is -2.05. The van der Waals surface area contributed by atoms with Crippen LogP contribution in [-0.4, -0.2) is 53.8 Å². The average molecular weight is 454 g/mol. The molecule has 1 aliphatic heterocycles. The number of aliphatic hydroxyl groups is 1. The molecule has 2 aromatic carbocycles. The molecule has 1 saturated heterocycles. The second-order valence-corrected chi connectivity index (χ2v) is 8.23. The Kier molecular flexibility index (Phi) is 6.54. The number of nitrogens with zero attached hydrogens (tertiary/aromatic N) is 2. The van der Waals surface area contributed by atoms with Crippen molar-refractivity contribution in [3.8, 4) is 0 Å². The zero-order chi connectivity index (χ0) is 21.3. The van der Waals surface area contributed by atoms with E-state index in [4.69, 9.17) is 34.8 Å². The predicted molar refractivity (Wildman–Crippen MR) is 115 cm³/mol. The van der Waals surface area contributed by atoms with Crippen LogP contribution in [0.5, 0.6) is 0 Å². The van der Waals surface area contributed by atoms with Crippen molar-refractivity contribution in [1.29, 1.82) is 0 Å². The molecule has 2 aromatic rings. The summed E-state index contributed by atoms with van der Waals surface area (Å²) >= 11 is 18.0. The van der Waals surface area contributed by atoms with E-state index in [0.717, 1.165) is 0 Å². The van der Waals surface area contributed by atoms with Crippen molar-refractivity contribution in [2.75, 3.05) is 27.2 Å². The standard InChI is InChI=1S/C21H19Cl3N2O3/c1-25(2)9-10-26-18(12-3-6-14(22)7-4-12)17(20(28)21(26)29)19(27)13-5-8-15(23)16(24)11-13/h3-8,11,18,27H,9-10H2,1-2H3/b19-17-. The van der Waals surface area contributed by atoms with Gasteiger partial charge in [-0.05, 0) is 50.0 Å². The van der Waals surface area contributed by atoms with E-state index < -0.39 is 17.7 Å². The number of benzene rings is 2. The van der Waals surface area contributed by atoms with Crippen molar-refractivity contribution in [1.82, 2.24) is 9.80 Å². The number of hydrogen-bond donors (Lipinski definition) is 1. The Bertz CT molecular complexity index is 987. The lowest BCUT2D eigenvalue weighted by molar-refractivity contribution is -0.140. The molecule has 1 fully saturated rings. The maximum atomic E-state index is 12.9. The molecular formula is C21H19Cl3N2O3. The summed E-state index contributed by atoms with van der Waals surface area (Å²) in [4.78, 5) is 29.0. The minimum atomic E-state index is -0.743. The van der Waals surface area contributed by atoms with Crippen molar-refractivity contribution in [3.05, 3.63) is 74.2 Å². The number of Topliss-reactive ketones (excluding diaryl/α,β-unsaturated/α-hetero) is 1. The lowest BCUT2D eigenvalue weighted by atomic mass is 9.95. The molecule has 0 saturated carbocycles. The Morgan fingerprint density at radius 3 is 2.28 bits per heavy atom. The van der Waals surface area contributed by atoms with Gasteiger partial charge in [0.15, 0.2) is 0 Å². The number of ketones is 1. The summed E-state index contributed by atoms with van der Waals surface area (Å²) in [6.45, 7) is 0.882. The van der Waals surface area contributed by atoms with Crippen LogP contribution in [0.2, 0.25) is 15.1 Å². The highest BCUT2D eigenvalue weighted by atomic mass is 35.5. The molecule has 8 heteroatoms. The molecule has 0 spiro atoms. The summed E-state index contributed by atoms with van der Waals surface area (Å²) in [7, 11) is 3.76. The Labute approximate surface area is 184 Å². The third-order valence-electron chi connectivity index (χ3n) is 4.71. The third kappa shape index (κ3) is 4.43. The molecule has 3 rings (SSSR count). The van der Waals surface area contributed by atoms with Crippen LogP contribution in [0, 0.1) is 0 Å². The summed E-state index contributed by atoms with van der Waals surface area (Å²) in [6.07, 6.45) is 0. The Morgan fingerprint density at radius 2 is 1.69 bits per heavy atom. The third-order valence-corrected chi connectivity index (χ3v) is 5.70. The molecule has 1 N–H and O–H groups in total. The van der Waals surface area contributed by atoms with Crippen LogP contribution >= 0.6 is 34.8 Å².